The van der Waals surface area contributed by atoms with Crippen molar-refractivity contribution in [2.75, 3.05) is 0 Å². The van der Waals surface area contributed by atoms with Crippen molar-refractivity contribution < 1.29 is 22.4 Å². The van der Waals surface area contributed by atoms with E-state index in [0.717, 1.165) is 12.1 Å². The molecule has 0 fully saturated rings. The number of rotatable bonds is 4. The number of hydrogen-bond donors (Lipinski definition) is 0. The first-order valence-corrected chi connectivity index (χ1v) is 7.78. The fourth-order valence-electron chi connectivity index (χ4n) is 2.48. The van der Waals surface area contributed by atoms with E-state index in [2.05, 4.69) is 0 Å². The minimum atomic E-state index is -4.52. The summed E-state index contributed by atoms with van der Waals surface area (Å²) in [6.45, 7) is 2.87. The number of alkyl halides is 3. The van der Waals surface area contributed by atoms with E-state index in [9.17, 15) is 22.4 Å². The van der Waals surface area contributed by atoms with Crippen LogP contribution in [0.1, 0.15) is 39.9 Å². The number of carbonyl (C=O) groups excluding carboxylic acids is 1. The van der Waals surface area contributed by atoms with Crippen LogP contribution < -0.4 is 0 Å². The van der Waals surface area contributed by atoms with Crippen molar-refractivity contribution in [3.05, 3.63) is 75.6 Å². The minimum Gasteiger partial charge on any atom is -0.294 e. The Bertz CT molecular complexity index is 804. The van der Waals surface area contributed by atoms with Gasteiger partial charge in [0, 0.05) is 5.02 Å². The van der Waals surface area contributed by atoms with Crippen molar-refractivity contribution in [3.63, 3.8) is 0 Å². The summed E-state index contributed by atoms with van der Waals surface area (Å²) in [5, 5.41) is 0.217. The molecule has 6 heteroatoms. The second-order valence-electron chi connectivity index (χ2n) is 5.74. The number of Topliss-reactive ketones (excluding diaryl/α,β-unsaturated/α-hetero) is 1. The molecule has 0 aliphatic carbocycles. The monoisotopic (exact) mass is 370 g/mol. The Morgan fingerprint density at radius 1 is 1.16 bits per heavy atom. The fraction of sp³-hybridized carbons (Fsp3) is 0.211. The van der Waals surface area contributed by atoms with Crippen molar-refractivity contribution >= 4 is 23.5 Å². The average Bonchev–Trinajstić information content (AvgIpc) is 2.44. The molecule has 2 rings (SSSR count). The van der Waals surface area contributed by atoms with E-state index in [4.69, 9.17) is 11.6 Å². The lowest BCUT2D eigenvalue weighted by atomic mass is 9.95. The van der Waals surface area contributed by atoms with E-state index in [1.807, 2.05) is 0 Å². The maximum Gasteiger partial charge on any atom is 0.399 e. The first-order chi connectivity index (χ1) is 11.6. The zero-order valence-electron chi connectivity index (χ0n) is 13.5. The van der Waals surface area contributed by atoms with E-state index in [-0.39, 0.29) is 21.7 Å². The summed E-state index contributed by atoms with van der Waals surface area (Å²) in [6.07, 6.45) is -2.39. The number of carbonyl (C=O) groups is 1. The highest BCUT2D eigenvalue weighted by Crippen LogP contribution is 2.37. The summed E-state index contributed by atoms with van der Waals surface area (Å²) < 4.78 is 54.0. The molecule has 132 valence electrons. The number of halogens is 5. The molecule has 0 heterocycles. The van der Waals surface area contributed by atoms with Gasteiger partial charge >= 0.3 is 6.18 Å². The van der Waals surface area contributed by atoms with Crippen molar-refractivity contribution in [1.82, 2.24) is 0 Å². The Balaban J connectivity index is 2.39. The molecule has 0 bridgehead atoms. The molecule has 2 aromatic carbocycles. The zero-order valence-corrected chi connectivity index (χ0v) is 14.3. The van der Waals surface area contributed by atoms with Gasteiger partial charge in [-0.25, -0.2) is 4.39 Å². The Morgan fingerprint density at radius 3 is 2.36 bits per heavy atom. The van der Waals surface area contributed by atoms with Gasteiger partial charge in [0.05, 0.1) is 11.5 Å². The molecule has 0 N–H and O–H groups in total. The van der Waals surface area contributed by atoms with Crippen LogP contribution in [0.3, 0.4) is 0 Å². The molecular formula is C19H15ClF4O. The van der Waals surface area contributed by atoms with E-state index in [0.29, 0.717) is 5.56 Å². The summed E-state index contributed by atoms with van der Waals surface area (Å²) in [5.74, 6) is -3.09. The zero-order chi connectivity index (χ0) is 18.8. The fourth-order valence-corrected chi connectivity index (χ4v) is 2.78. The molecule has 2 aromatic rings. The van der Waals surface area contributed by atoms with E-state index >= 15 is 0 Å². The van der Waals surface area contributed by atoms with Gasteiger partial charge in [0.2, 0.25) is 0 Å². The molecule has 1 atom stereocenters. The Hall–Kier alpha value is -2.14. The van der Waals surface area contributed by atoms with Crippen LogP contribution >= 0.6 is 11.6 Å². The van der Waals surface area contributed by atoms with Gasteiger partial charge in [-0.1, -0.05) is 35.9 Å². The number of ketones is 1. The topological polar surface area (TPSA) is 17.1 Å². The number of allylic oxidation sites excluding steroid dienone is 1. The van der Waals surface area contributed by atoms with Crippen LogP contribution in [0.5, 0.6) is 0 Å². The average molecular weight is 371 g/mol. The molecule has 0 aliphatic heterocycles. The Labute approximate surface area is 147 Å². The molecule has 0 saturated carbocycles. The van der Waals surface area contributed by atoms with Crippen molar-refractivity contribution in [3.8, 4) is 0 Å². The quantitative estimate of drug-likeness (QED) is 0.452. The molecule has 0 spiro atoms. The van der Waals surface area contributed by atoms with Gasteiger partial charge in [-0.05, 0) is 54.8 Å². The Morgan fingerprint density at radius 2 is 1.84 bits per heavy atom. The first kappa shape index (κ1) is 19.2. The van der Waals surface area contributed by atoms with Crippen LogP contribution in [0.15, 0.2) is 42.5 Å². The second-order valence-corrected chi connectivity index (χ2v) is 6.17. The highest BCUT2D eigenvalue weighted by molar-refractivity contribution is 6.30. The normalized spacial score (nSPS) is 13.2. The van der Waals surface area contributed by atoms with Gasteiger partial charge in [0.25, 0.3) is 0 Å². The van der Waals surface area contributed by atoms with Crippen LogP contribution in [-0.2, 0) is 0 Å². The molecule has 1 unspecified atom stereocenters. The predicted octanol–water partition coefficient (Wildman–Crippen LogP) is 6.35. The van der Waals surface area contributed by atoms with Crippen LogP contribution in [0, 0.1) is 12.7 Å². The summed E-state index contributed by atoms with van der Waals surface area (Å²) in [5.41, 5.74) is 0.752. The maximum absolute atomic E-state index is 13.8. The lowest BCUT2D eigenvalue weighted by Gasteiger charge is -2.18. The second kappa shape index (κ2) is 7.40. The summed E-state index contributed by atoms with van der Waals surface area (Å²) >= 11 is 5.86. The van der Waals surface area contributed by atoms with Gasteiger partial charge < -0.3 is 0 Å². The van der Waals surface area contributed by atoms with Crippen LogP contribution in [0.2, 0.25) is 5.02 Å². The number of aryl methyl sites for hydroxylation is 1. The third kappa shape index (κ3) is 4.92. The number of benzene rings is 2. The third-order valence-electron chi connectivity index (χ3n) is 3.63. The van der Waals surface area contributed by atoms with Crippen LogP contribution in [0.25, 0.3) is 6.08 Å². The van der Waals surface area contributed by atoms with Crippen molar-refractivity contribution in [2.24, 2.45) is 0 Å². The molecule has 0 aliphatic rings. The van der Waals surface area contributed by atoms with Gasteiger partial charge in [0.15, 0.2) is 5.78 Å². The van der Waals surface area contributed by atoms with Gasteiger partial charge in [-0.15, -0.1) is 0 Å². The van der Waals surface area contributed by atoms with Crippen molar-refractivity contribution in [2.45, 2.75) is 25.9 Å². The smallest absolute Gasteiger partial charge is 0.294 e. The molecule has 1 nitrogen and oxygen atoms in total. The van der Waals surface area contributed by atoms with Crippen LogP contribution in [-0.4, -0.2) is 12.0 Å². The maximum atomic E-state index is 13.8. The predicted molar refractivity (Wildman–Crippen MR) is 90.4 cm³/mol. The van der Waals surface area contributed by atoms with Crippen molar-refractivity contribution in [1.29, 1.82) is 0 Å². The molecule has 0 aromatic heterocycles. The largest absolute Gasteiger partial charge is 0.399 e. The lowest BCUT2D eigenvalue weighted by Crippen LogP contribution is -2.19. The first-order valence-electron chi connectivity index (χ1n) is 7.40. The SMILES string of the molecule is CC(=O)c1ccc(/C=C/C(c2cc(C)cc(Cl)c2)C(F)(F)F)cc1F. The van der Waals surface area contributed by atoms with E-state index in [1.54, 1.807) is 13.0 Å². The minimum absolute atomic E-state index is 0.00887. The highest BCUT2D eigenvalue weighted by Gasteiger charge is 2.39. The van der Waals surface area contributed by atoms with Gasteiger partial charge in [0.1, 0.15) is 5.82 Å². The highest BCUT2D eigenvalue weighted by atomic mass is 35.5. The lowest BCUT2D eigenvalue weighted by molar-refractivity contribution is -0.139. The molecule has 0 radical (unpaired) electrons. The number of hydrogen-bond acceptors (Lipinski definition) is 1. The standard InChI is InChI=1S/C19H15ClF4O/c1-11-7-14(10-15(20)8-11)17(19(22,23)24)6-4-13-3-5-16(12(2)25)18(21)9-13/h3-10,17H,1-2H3/b6-4+. The van der Waals surface area contributed by atoms with E-state index in [1.165, 1.54) is 37.3 Å². The van der Waals surface area contributed by atoms with Crippen LogP contribution in [0.4, 0.5) is 17.6 Å². The Kier molecular flexibility index (Phi) is 5.68. The van der Waals surface area contributed by atoms with E-state index < -0.39 is 23.7 Å². The summed E-state index contributed by atoms with van der Waals surface area (Å²) in [6, 6.07) is 7.92. The molecular weight excluding hydrogens is 356 g/mol. The summed E-state index contributed by atoms with van der Waals surface area (Å²) in [7, 11) is 0. The van der Waals surface area contributed by atoms with Gasteiger partial charge in [-0.3, -0.25) is 4.79 Å². The summed E-state index contributed by atoms with van der Waals surface area (Å²) in [4.78, 5) is 11.2. The molecule has 0 saturated heterocycles. The third-order valence-corrected chi connectivity index (χ3v) is 3.85. The molecule has 0 amide bonds. The van der Waals surface area contributed by atoms with Gasteiger partial charge in [-0.2, -0.15) is 13.2 Å². The molecule has 25 heavy (non-hydrogen) atoms.